The highest BCUT2D eigenvalue weighted by atomic mass is 19.1. The van der Waals surface area contributed by atoms with Gasteiger partial charge in [0.15, 0.2) is 5.69 Å². The molecule has 1 aliphatic heterocycles. The van der Waals surface area contributed by atoms with Crippen molar-refractivity contribution in [2.45, 2.75) is 19.4 Å². The number of hydrogen-bond acceptors (Lipinski definition) is 4. The molecule has 1 fully saturated rings. The van der Waals surface area contributed by atoms with E-state index in [4.69, 9.17) is 0 Å². The van der Waals surface area contributed by atoms with Crippen LogP contribution in [-0.4, -0.2) is 34.8 Å². The van der Waals surface area contributed by atoms with Crippen LogP contribution in [0.2, 0.25) is 0 Å². The number of aryl methyl sites for hydroxylation is 1. The predicted octanol–water partition coefficient (Wildman–Crippen LogP) is 0.772. The molecule has 1 saturated heterocycles. The predicted molar refractivity (Wildman–Crippen MR) is 83.3 cm³/mol. The van der Waals surface area contributed by atoms with Gasteiger partial charge in [-0.15, -0.1) is 0 Å². The van der Waals surface area contributed by atoms with Crippen molar-refractivity contribution in [1.29, 1.82) is 0 Å². The molecule has 2 heterocycles. The molecule has 1 atom stereocenters. The lowest BCUT2D eigenvalue weighted by atomic mass is 10.2. The molecule has 0 spiro atoms. The Kier molecular flexibility index (Phi) is 4.20. The minimum atomic E-state index is -0.534. The second kappa shape index (κ2) is 6.29. The van der Waals surface area contributed by atoms with Crippen LogP contribution in [0, 0.1) is 12.7 Å². The Morgan fingerprint density at radius 1 is 1.43 bits per heavy atom. The Balaban J connectivity index is 1.98. The molecule has 0 saturated carbocycles. The summed E-state index contributed by atoms with van der Waals surface area (Å²) in [7, 11) is 0. The number of nitrogens with zero attached hydrogens (tertiary/aromatic N) is 2. The summed E-state index contributed by atoms with van der Waals surface area (Å²) in [6.07, 6.45) is 0.805. The highest BCUT2D eigenvalue weighted by Crippen LogP contribution is 2.13. The first-order valence-corrected chi connectivity index (χ1v) is 7.44. The van der Waals surface area contributed by atoms with E-state index in [1.54, 1.807) is 25.1 Å². The topological polar surface area (TPSA) is 76.0 Å². The Labute approximate surface area is 132 Å². The van der Waals surface area contributed by atoms with E-state index in [-0.39, 0.29) is 17.4 Å². The van der Waals surface area contributed by atoms with E-state index in [0.717, 1.165) is 13.0 Å². The molecule has 7 heteroatoms. The largest absolute Gasteiger partial charge is 0.346 e. The molecule has 2 N–H and O–H groups in total. The zero-order valence-corrected chi connectivity index (χ0v) is 12.7. The third-order valence-corrected chi connectivity index (χ3v) is 3.80. The quantitative estimate of drug-likeness (QED) is 0.877. The Hall–Kier alpha value is -2.54. The molecule has 3 rings (SSSR count). The van der Waals surface area contributed by atoms with Crippen molar-refractivity contribution < 1.29 is 9.18 Å². The van der Waals surface area contributed by atoms with Crippen molar-refractivity contribution in [3.8, 4) is 5.69 Å². The maximum absolute atomic E-state index is 14.0. The average molecular weight is 316 g/mol. The van der Waals surface area contributed by atoms with Gasteiger partial charge in [0.2, 0.25) is 5.43 Å². The first-order chi connectivity index (χ1) is 11.1. The van der Waals surface area contributed by atoms with Crippen LogP contribution in [0.1, 0.15) is 22.6 Å². The van der Waals surface area contributed by atoms with Gasteiger partial charge in [0, 0.05) is 24.3 Å². The van der Waals surface area contributed by atoms with E-state index < -0.39 is 17.2 Å². The van der Waals surface area contributed by atoms with Crippen molar-refractivity contribution in [2.75, 3.05) is 13.1 Å². The molecule has 1 aromatic heterocycles. The number of carbonyl (C=O) groups excluding carboxylic acids is 1. The van der Waals surface area contributed by atoms with Gasteiger partial charge in [0.05, 0.1) is 0 Å². The van der Waals surface area contributed by atoms with Crippen molar-refractivity contribution in [2.24, 2.45) is 0 Å². The van der Waals surface area contributed by atoms with Crippen LogP contribution in [0.5, 0.6) is 0 Å². The van der Waals surface area contributed by atoms with Crippen LogP contribution in [0.15, 0.2) is 35.1 Å². The van der Waals surface area contributed by atoms with Gasteiger partial charge >= 0.3 is 0 Å². The normalized spacial score (nSPS) is 17.2. The SMILES string of the molecule is Cc1cc(=O)c(C(=O)NC2CCNC2)nn1-c1ccccc1F. The van der Waals surface area contributed by atoms with Crippen molar-refractivity contribution in [3.63, 3.8) is 0 Å². The molecule has 2 aromatic rings. The third-order valence-electron chi connectivity index (χ3n) is 3.80. The number of benzene rings is 1. The van der Waals surface area contributed by atoms with Crippen molar-refractivity contribution >= 4 is 5.91 Å². The minimum Gasteiger partial charge on any atom is -0.346 e. The van der Waals surface area contributed by atoms with Crippen LogP contribution < -0.4 is 16.1 Å². The molecule has 1 aromatic carbocycles. The number of para-hydroxylation sites is 1. The fourth-order valence-electron chi connectivity index (χ4n) is 2.60. The Morgan fingerprint density at radius 3 is 2.91 bits per heavy atom. The Morgan fingerprint density at radius 2 is 2.22 bits per heavy atom. The average Bonchev–Trinajstić information content (AvgIpc) is 3.01. The monoisotopic (exact) mass is 316 g/mol. The van der Waals surface area contributed by atoms with E-state index in [2.05, 4.69) is 15.7 Å². The molecule has 0 bridgehead atoms. The van der Waals surface area contributed by atoms with E-state index in [1.165, 1.54) is 16.8 Å². The smallest absolute Gasteiger partial charge is 0.276 e. The molecule has 1 amide bonds. The van der Waals surface area contributed by atoms with Gasteiger partial charge in [-0.2, -0.15) is 5.10 Å². The fourth-order valence-corrected chi connectivity index (χ4v) is 2.60. The summed E-state index contributed by atoms with van der Waals surface area (Å²) in [5, 5.41) is 9.98. The molecule has 1 aliphatic rings. The molecule has 23 heavy (non-hydrogen) atoms. The molecular formula is C16H17FN4O2. The first-order valence-electron chi connectivity index (χ1n) is 7.44. The maximum atomic E-state index is 14.0. The number of nitrogens with one attached hydrogen (secondary N) is 2. The number of amides is 1. The van der Waals surface area contributed by atoms with Crippen LogP contribution >= 0.6 is 0 Å². The summed E-state index contributed by atoms with van der Waals surface area (Å²) in [6.45, 7) is 3.13. The van der Waals surface area contributed by atoms with Crippen LogP contribution in [0.4, 0.5) is 4.39 Å². The van der Waals surface area contributed by atoms with E-state index in [0.29, 0.717) is 12.2 Å². The number of rotatable bonds is 3. The lowest BCUT2D eigenvalue weighted by Crippen LogP contribution is -2.39. The highest BCUT2D eigenvalue weighted by Gasteiger charge is 2.21. The lowest BCUT2D eigenvalue weighted by molar-refractivity contribution is 0.0932. The van der Waals surface area contributed by atoms with E-state index in [1.807, 2.05) is 0 Å². The number of hydrogen-bond donors (Lipinski definition) is 2. The van der Waals surface area contributed by atoms with Gasteiger partial charge < -0.3 is 10.6 Å². The summed E-state index contributed by atoms with van der Waals surface area (Å²) in [5.74, 6) is -1.01. The van der Waals surface area contributed by atoms with Gasteiger partial charge in [-0.3, -0.25) is 9.59 Å². The summed E-state index contributed by atoms with van der Waals surface area (Å²) < 4.78 is 15.2. The Bertz CT molecular complexity index is 797. The number of aromatic nitrogens is 2. The molecule has 0 radical (unpaired) electrons. The second-order valence-electron chi connectivity index (χ2n) is 5.52. The molecule has 120 valence electrons. The number of carbonyl (C=O) groups is 1. The van der Waals surface area contributed by atoms with Crippen molar-refractivity contribution in [1.82, 2.24) is 20.4 Å². The summed E-state index contributed by atoms with van der Waals surface area (Å²) >= 11 is 0. The van der Waals surface area contributed by atoms with Gasteiger partial charge in [-0.05, 0) is 32.0 Å². The van der Waals surface area contributed by atoms with Gasteiger partial charge in [-0.1, -0.05) is 12.1 Å². The van der Waals surface area contributed by atoms with Crippen molar-refractivity contribution in [3.05, 3.63) is 57.8 Å². The van der Waals surface area contributed by atoms with Gasteiger partial charge in [-0.25, -0.2) is 9.07 Å². The van der Waals surface area contributed by atoms with Crippen LogP contribution in [0.3, 0.4) is 0 Å². The first kappa shape index (κ1) is 15.4. The molecule has 0 aliphatic carbocycles. The summed E-state index contributed by atoms with van der Waals surface area (Å²) in [6, 6.07) is 7.35. The standard InChI is InChI=1S/C16H17FN4O2/c1-10-8-14(22)15(16(23)19-11-6-7-18-9-11)20-21(10)13-5-3-2-4-12(13)17/h2-5,8,11,18H,6-7,9H2,1H3,(H,19,23). The fraction of sp³-hybridized carbons (Fsp3) is 0.312. The molecular weight excluding hydrogens is 299 g/mol. The zero-order valence-electron chi connectivity index (χ0n) is 12.7. The highest BCUT2D eigenvalue weighted by molar-refractivity contribution is 5.92. The van der Waals surface area contributed by atoms with E-state index >= 15 is 0 Å². The van der Waals surface area contributed by atoms with E-state index in [9.17, 15) is 14.0 Å². The van der Waals surface area contributed by atoms with Gasteiger partial charge in [0.25, 0.3) is 5.91 Å². The summed E-state index contributed by atoms with van der Waals surface area (Å²) in [4.78, 5) is 24.4. The minimum absolute atomic E-state index is 0.0214. The van der Waals surface area contributed by atoms with Gasteiger partial charge in [0.1, 0.15) is 11.5 Å². The van der Waals surface area contributed by atoms with Crippen LogP contribution in [0.25, 0.3) is 5.69 Å². The lowest BCUT2D eigenvalue weighted by Gasteiger charge is -2.14. The maximum Gasteiger partial charge on any atom is 0.276 e. The summed E-state index contributed by atoms with van der Waals surface area (Å²) in [5.41, 5.74) is -0.0509. The molecule has 6 nitrogen and oxygen atoms in total. The molecule has 1 unspecified atom stereocenters. The zero-order chi connectivity index (χ0) is 16.4. The number of halogens is 1. The third kappa shape index (κ3) is 3.14. The second-order valence-corrected chi connectivity index (χ2v) is 5.52. The van der Waals surface area contributed by atoms with Crippen LogP contribution in [-0.2, 0) is 0 Å².